The first-order valence-corrected chi connectivity index (χ1v) is 3.95. The topological polar surface area (TPSA) is 13.1 Å². The van der Waals surface area contributed by atoms with E-state index in [1.807, 2.05) is 0 Å². The Morgan fingerprint density at radius 2 is 1.83 bits per heavy atom. The van der Waals surface area contributed by atoms with Crippen LogP contribution in [0.4, 0.5) is 13.2 Å². The minimum Gasteiger partial charge on any atom is -0.418 e. The number of hydrogen-bond donors (Lipinski definition) is 0. The molecule has 5 heteroatoms. The Kier molecular flexibility index (Phi) is 1.44. The second kappa shape index (κ2) is 2.26. The summed E-state index contributed by atoms with van der Waals surface area (Å²) in [5, 5.41) is -0.380. The molecule has 0 amide bonds. The SMILES string of the molecule is Cc1sc2oc(F)c(F)c2c1F. The van der Waals surface area contributed by atoms with Crippen molar-refractivity contribution in [1.82, 2.24) is 0 Å². The number of furan rings is 1. The van der Waals surface area contributed by atoms with Crippen LogP contribution in [0.15, 0.2) is 4.42 Å². The second-order valence-electron chi connectivity index (χ2n) is 2.32. The van der Waals surface area contributed by atoms with Crippen molar-refractivity contribution in [2.45, 2.75) is 6.92 Å². The Bertz CT molecular complexity index is 405. The second-order valence-corrected chi connectivity index (χ2v) is 3.51. The van der Waals surface area contributed by atoms with Crippen LogP contribution < -0.4 is 0 Å². The molecule has 0 radical (unpaired) electrons. The van der Waals surface area contributed by atoms with E-state index in [1.54, 1.807) is 0 Å². The van der Waals surface area contributed by atoms with Crippen molar-refractivity contribution in [2.24, 2.45) is 0 Å². The first-order valence-electron chi connectivity index (χ1n) is 3.13. The van der Waals surface area contributed by atoms with E-state index < -0.39 is 17.6 Å². The van der Waals surface area contributed by atoms with Gasteiger partial charge in [-0.25, -0.2) is 4.39 Å². The maximum absolute atomic E-state index is 13.0. The van der Waals surface area contributed by atoms with E-state index in [1.165, 1.54) is 6.92 Å². The molecule has 2 rings (SSSR count). The van der Waals surface area contributed by atoms with E-state index in [4.69, 9.17) is 0 Å². The fourth-order valence-corrected chi connectivity index (χ4v) is 1.85. The molecule has 0 unspecified atom stereocenters. The normalized spacial score (nSPS) is 11.3. The van der Waals surface area contributed by atoms with Gasteiger partial charge in [0.2, 0.25) is 5.82 Å². The van der Waals surface area contributed by atoms with Crippen LogP contribution in [0.5, 0.6) is 0 Å². The van der Waals surface area contributed by atoms with Crippen LogP contribution in [0.2, 0.25) is 0 Å². The molecule has 2 heterocycles. The van der Waals surface area contributed by atoms with E-state index >= 15 is 0 Å². The molecule has 0 saturated carbocycles. The number of rotatable bonds is 0. The number of fused-ring (bicyclic) bond motifs is 1. The van der Waals surface area contributed by atoms with Crippen molar-refractivity contribution in [3.8, 4) is 0 Å². The van der Waals surface area contributed by atoms with Gasteiger partial charge >= 0.3 is 6.01 Å². The van der Waals surface area contributed by atoms with Crippen LogP contribution in [-0.2, 0) is 0 Å². The Labute approximate surface area is 69.4 Å². The maximum Gasteiger partial charge on any atom is 0.316 e. The van der Waals surface area contributed by atoms with Gasteiger partial charge in [-0.3, -0.25) is 0 Å². The lowest BCUT2D eigenvalue weighted by molar-refractivity contribution is 0.344. The zero-order chi connectivity index (χ0) is 8.88. The minimum absolute atomic E-state index is 0.0417. The molecule has 0 bridgehead atoms. The van der Waals surface area contributed by atoms with Crippen LogP contribution in [0, 0.1) is 24.6 Å². The molecular weight excluding hydrogens is 189 g/mol. The van der Waals surface area contributed by atoms with Gasteiger partial charge in [-0.2, -0.15) is 8.78 Å². The number of halogens is 3. The summed E-state index contributed by atoms with van der Waals surface area (Å²) in [5.74, 6) is -1.98. The molecule has 0 aliphatic heterocycles. The average Bonchev–Trinajstić information content (AvgIpc) is 2.40. The van der Waals surface area contributed by atoms with Crippen molar-refractivity contribution in [2.75, 3.05) is 0 Å². The molecule has 0 saturated heterocycles. The van der Waals surface area contributed by atoms with Crippen molar-refractivity contribution in [3.05, 3.63) is 22.5 Å². The predicted octanol–water partition coefficient (Wildman–Crippen LogP) is 3.22. The molecule has 12 heavy (non-hydrogen) atoms. The Hall–Kier alpha value is -0.970. The minimum atomic E-state index is -1.35. The molecule has 0 fully saturated rings. The molecule has 0 aliphatic carbocycles. The first kappa shape index (κ1) is 7.67. The van der Waals surface area contributed by atoms with Crippen molar-refractivity contribution in [3.63, 3.8) is 0 Å². The highest BCUT2D eigenvalue weighted by Crippen LogP contribution is 2.33. The molecule has 0 atom stereocenters. The van der Waals surface area contributed by atoms with E-state index in [9.17, 15) is 13.2 Å². The number of thiophene rings is 1. The predicted molar refractivity (Wildman–Crippen MR) is 38.7 cm³/mol. The maximum atomic E-state index is 13.0. The number of aryl methyl sites for hydroxylation is 1. The van der Waals surface area contributed by atoms with Gasteiger partial charge in [0.1, 0.15) is 5.39 Å². The van der Waals surface area contributed by atoms with E-state index in [0.29, 0.717) is 4.88 Å². The molecule has 0 N–H and O–H groups in total. The van der Waals surface area contributed by atoms with Crippen LogP contribution in [0.25, 0.3) is 10.3 Å². The van der Waals surface area contributed by atoms with Gasteiger partial charge in [-0.1, -0.05) is 0 Å². The molecule has 0 aromatic carbocycles. The Balaban J connectivity index is 2.94. The van der Waals surface area contributed by atoms with E-state index in [-0.39, 0.29) is 10.3 Å². The molecule has 64 valence electrons. The van der Waals surface area contributed by atoms with Crippen molar-refractivity contribution >= 4 is 21.6 Å². The third-order valence-corrected chi connectivity index (χ3v) is 2.51. The fraction of sp³-hybridized carbons (Fsp3) is 0.143. The van der Waals surface area contributed by atoms with Gasteiger partial charge in [0.25, 0.3) is 0 Å². The van der Waals surface area contributed by atoms with Gasteiger partial charge in [0.05, 0.1) is 0 Å². The number of hydrogen-bond acceptors (Lipinski definition) is 2. The summed E-state index contributed by atoms with van der Waals surface area (Å²) < 4.78 is 42.4. The summed E-state index contributed by atoms with van der Waals surface area (Å²) in [4.78, 5) is 0.252. The summed E-state index contributed by atoms with van der Waals surface area (Å²) in [6, 6.07) is -1.35. The lowest BCUT2D eigenvalue weighted by Crippen LogP contribution is -1.77. The van der Waals surface area contributed by atoms with Gasteiger partial charge in [0, 0.05) is 4.88 Å². The third-order valence-electron chi connectivity index (χ3n) is 1.55. The highest BCUT2D eigenvalue weighted by atomic mass is 32.1. The molecule has 1 nitrogen and oxygen atoms in total. The van der Waals surface area contributed by atoms with E-state index in [2.05, 4.69) is 4.42 Å². The third kappa shape index (κ3) is 0.797. The molecule has 2 aromatic rings. The lowest BCUT2D eigenvalue weighted by Gasteiger charge is -1.82. The highest BCUT2D eigenvalue weighted by Gasteiger charge is 2.21. The molecular formula is C7H3F3OS. The molecule has 0 spiro atoms. The lowest BCUT2D eigenvalue weighted by atomic mass is 10.3. The molecule has 2 aromatic heterocycles. The standard InChI is InChI=1S/C7H3F3OS/c1-2-4(8)3-5(9)6(10)11-7(3)12-2/h1H3. The van der Waals surface area contributed by atoms with Crippen LogP contribution in [-0.4, -0.2) is 0 Å². The van der Waals surface area contributed by atoms with Crippen molar-refractivity contribution < 1.29 is 17.6 Å². The first-order chi connectivity index (χ1) is 5.61. The quantitative estimate of drug-likeness (QED) is 0.624. The van der Waals surface area contributed by atoms with Gasteiger partial charge < -0.3 is 4.42 Å². The van der Waals surface area contributed by atoms with Gasteiger partial charge in [-0.05, 0) is 6.92 Å². The summed E-state index contributed by atoms with van der Waals surface area (Å²) in [7, 11) is 0. The summed E-state index contributed by atoms with van der Waals surface area (Å²) in [5.41, 5.74) is 0. The highest BCUT2D eigenvalue weighted by molar-refractivity contribution is 7.18. The van der Waals surface area contributed by atoms with Gasteiger partial charge in [-0.15, -0.1) is 11.3 Å². The Morgan fingerprint density at radius 1 is 1.17 bits per heavy atom. The van der Waals surface area contributed by atoms with Crippen LogP contribution in [0.3, 0.4) is 0 Å². The zero-order valence-corrected chi connectivity index (χ0v) is 6.77. The molecule has 0 aliphatic rings. The van der Waals surface area contributed by atoms with Crippen LogP contribution >= 0.6 is 11.3 Å². The fourth-order valence-electron chi connectivity index (χ4n) is 0.983. The Morgan fingerprint density at radius 3 is 2.42 bits per heavy atom. The summed E-state index contributed by atoms with van der Waals surface area (Å²) >= 11 is 0.892. The zero-order valence-electron chi connectivity index (χ0n) is 5.95. The van der Waals surface area contributed by atoms with E-state index in [0.717, 1.165) is 11.3 Å². The van der Waals surface area contributed by atoms with Gasteiger partial charge in [0.15, 0.2) is 10.7 Å². The monoisotopic (exact) mass is 192 g/mol. The summed E-state index contributed by atoms with van der Waals surface area (Å²) in [6.45, 7) is 1.48. The van der Waals surface area contributed by atoms with Crippen molar-refractivity contribution in [1.29, 1.82) is 0 Å². The average molecular weight is 192 g/mol. The summed E-state index contributed by atoms with van der Waals surface area (Å²) in [6.07, 6.45) is 0. The van der Waals surface area contributed by atoms with Crippen LogP contribution in [0.1, 0.15) is 4.88 Å². The largest absolute Gasteiger partial charge is 0.418 e. The smallest absolute Gasteiger partial charge is 0.316 e.